The van der Waals surface area contributed by atoms with Crippen molar-refractivity contribution in [1.82, 2.24) is 9.97 Å². The van der Waals surface area contributed by atoms with Crippen LogP contribution in [-0.4, -0.2) is 14.9 Å². The third kappa shape index (κ3) is 12.7. The minimum atomic E-state index is -4.61. The molecule has 4 rings (SSSR count). The largest absolute Gasteiger partial charge is 0.488 e. The van der Waals surface area contributed by atoms with Crippen molar-refractivity contribution in [2.45, 2.75) is 39.9 Å². The van der Waals surface area contributed by atoms with Crippen LogP contribution in [0.3, 0.4) is 0 Å². The number of rotatable bonds is 7. The number of alkyl halides is 7. The molecule has 0 aliphatic carbocycles. The number of nitrogens with zero attached hydrogens (tertiary/aromatic N) is 2. The van der Waals surface area contributed by atoms with Crippen molar-refractivity contribution in [3.63, 3.8) is 0 Å². The number of hydrazine groups is 1. The molecule has 0 spiro atoms. The van der Waals surface area contributed by atoms with Gasteiger partial charge in [-0.2, -0.15) is 26.3 Å². The van der Waals surface area contributed by atoms with Gasteiger partial charge in [0.05, 0.1) is 5.69 Å². The van der Waals surface area contributed by atoms with Crippen LogP contribution in [0.2, 0.25) is 0 Å². The summed E-state index contributed by atoms with van der Waals surface area (Å²) in [6.45, 7) is 1.43. The summed E-state index contributed by atoms with van der Waals surface area (Å²) >= 11 is 2.15. The molecule has 0 amide bonds. The molecule has 4 aromatic rings. The first-order valence-electron chi connectivity index (χ1n) is 12.0. The quantitative estimate of drug-likeness (QED) is 0.0373. The Morgan fingerprint density at radius 3 is 1.50 bits per heavy atom. The van der Waals surface area contributed by atoms with Gasteiger partial charge in [0.15, 0.2) is 5.82 Å². The highest BCUT2D eigenvalue weighted by atomic mass is 127. The summed E-state index contributed by atoms with van der Waals surface area (Å²) in [6, 6.07) is 20.3. The van der Waals surface area contributed by atoms with Gasteiger partial charge in [-0.25, -0.2) is 21.9 Å². The second kappa shape index (κ2) is 20.1. The highest BCUT2D eigenvalue weighted by molar-refractivity contribution is 14.1. The van der Waals surface area contributed by atoms with Crippen molar-refractivity contribution < 1.29 is 37.2 Å². The topological polar surface area (TPSA) is 130 Å². The molecule has 2 aromatic heterocycles. The summed E-state index contributed by atoms with van der Waals surface area (Å²) in [5, 5.41) is 0. The van der Waals surface area contributed by atoms with Crippen LogP contribution < -0.4 is 20.7 Å². The number of aromatic nitrogens is 2. The van der Waals surface area contributed by atoms with Crippen LogP contribution in [0.4, 0.5) is 32.2 Å². The van der Waals surface area contributed by atoms with Gasteiger partial charge in [0, 0.05) is 13.8 Å². The van der Waals surface area contributed by atoms with Gasteiger partial charge in [-0.15, -0.1) is 0 Å². The molecule has 0 saturated heterocycles. The summed E-state index contributed by atoms with van der Waals surface area (Å²) in [4.78, 5) is 9.17. The van der Waals surface area contributed by atoms with E-state index < -0.39 is 29.3 Å². The summed E-state index contributed by atoms with van der Waals surface area (Å²) in [7, 11) is 0. The number of nitrogens with one attached hydrogen (secondary N) is 3. The Balaban J connectivity index is 0. The monoisotopic (exact) mass is 740 g/mol. The average Bonchev–Trinajstić information content (AvgIpc) is 3.01. The van der Waals surface area contributed by atoms with E-state index in [1.165, 1.54) is 25.4 Å². The number of benzene rings is 2. The van der Waals surface area contributed by atoms with Gasteiger partial charge in [-0.05, 0) is 35.1 Å². The summed E-state index contributed by atoms with van der Waals surface area (Å²) in [5.74, 6) is 4.08. The van der Waals surface area contributed by atoms with Gasteiger partial charge in [0.2, 0.25) is 0 Å². The molecule has 0 saturated carbocycles. The average molecular weight is 741 g/mol. The number of hydrogen-bond acceptors (Lipinski definition) is 8. The third-order valence-electron chi connectivity index (χ3n) is 5.19. The van der Waals surface area contributed by atoms with E-state index in [0.29, 0.717) is 0 Å². The number of nitrogens with two attached hydrogens (primary N) is 1. The van der Waals surface area contributed by atoms with Crippen molar-refractivity contribution in [1.29, 1.82) is 11.1 Å². The van der Waals surface area contributed by atoms with E-state index in [0.717, 1.165) is 17.2 Å². The number of pyridine rings is 2. The zero-order valence-electron chi connectivity index (χ0n) is 22.9. The van der Waals surface area contributed by atoms with E-state index in [4.69, 9.17) is 26.4 Å². The molecular formula is C29H35F6IN6O2. The van der Waals surface area contributed by atoms with E-state index in [1.54, 1.807) is 48.5 Å². The Kier molecular flexibility index (Phi) is 18.2. The van der Waals surface area contributed by atoms with Gasteiger partial charge in [0.25, 0.3) is 0 Å². The van der Waals surface area contributed by atoms with Gasteiger partial charge in [-0.1, -0.05) is 90.7 Å². The summed E-state index contributed by atoms with van der Waals surface area (Å²) in [5.41, 5.74) is 11.6. The molecule has 242 valence electrons. The normalized spacial score (nSPS) is 10.2. The Bertz CT molecular complexity index is 1370. The summed E-state index contributed by atoms with van der Waals surface area (Å²) < 4.78 is 88.3. The molecule has 2 aromatic carbocycles. The van der Waals surface area contributed by atoms with Crippen LogP contribution >= 0.6 is 22.6 Å². The molecule has 0 aliphatic heterocycles. The minimum absolute atomic E-state index is 0. The fourth-order valence-corrected chi connectivity index (χ4v) is 3.43. The molecule has 0 radical (unpaired) electrons. The van der Waals surface area contributed by atoms with Gasteiger partial charge in [-0.3, -0.25) is 4.98 Å². The molecule has 0 atom stereocenters. The molecule has 0 aliphatic rings. The van der Waals surface area contributed by atoms with E-state index in [2.05, 4.69) is 32.6 Å². The van der Waals surface area contributed by atoms with Crippen molar-refractivity contribution in [3.8, 4) is 11.5 Å². The number of halogens is 7. The predicted octanol–water partition coefficient (Wildman–Crippen LogP) is 9.48. The van der Waals surface area contributed by atoms with E-state index in [-0.39, 0.29) is 39.3 Å². The molecule has 0 bridgehead atoms. The zero-order valence-corrected chi connectivity index (χ0v) is 25.1. The molecule has 15 heteroatoms. The number of nitrogen functional groups attached to an aromatic ring is 1. The Hall–Kier alpha value is -3.99. The zero-order chi connectivity index (χ0) is 32.5. The fraction of sp³-hybridized carbons (Fsp3) is 0.241. The molecule has 0 unspecified atom stereocenters. The first-order chi connectivity index (χ1) is 20.5. The maximum absolute atomic E-state index is 13.0. The Labute approximate surface area is 266 Å². The van der Waals surface area contributed by atoms with Gasteiger partial charge >= 0.3 is 12.4 Å². The first kappa shape index (κ1) is 40.0. The SMILES string of the molecule is C.CI.Cc1nccc(OCc2ccccc2)c1C(F)(F)F.N=N.NNc1nccc(OCc2ccccc2)c1C(F)(F)F.[HH]. The van der Waals surface area contributed by atoms with Crippen molar-refractivity contribution >= 4 is 28.4 Å². The van der Waals surface area contributed by atoms with Crippen LogP contribution in [0.25, 0.3) is 0 Å². The van der Waals surface area contributed by atoms with Gasteiger partial charge < -0.3 is 14.9 Å². The highest BCUT2D eigenvalue weighted by Gasteiger charge is 2.38. The van der Waals surface area contributed by atoms with E-state index in [9.17, 15) is 26.3 Å². The Morgan fingerprint density at radius 1 is 0.727 bits per heavy atom. The van der Waals surface area contributed by atoms with Crippen molar-refractivity contribution in [2.24, 2.45) is 5.84 Å². The van der Waals surface area contributed by atoms with Crippen LogP contribution in [-0.2, 0) is 25.6 Å². The number of hydrogen-bond donors (Lipinski definition) is 4. The number of anilines is 1. The lowest BCUT2D eigenvalue weighted by atomic mass is 10.1. The fourth-order valence-electron chi connectivity index (χ4n) is 3.43. The van der Waals surface area contributed by atoms with Crippen LogP contribution in [0.1, 0.15) is 36.8 Å². The van der Waals surface area contributed by atoms with Gasteiger partial charge in [0.1, 0.15) is 35.8 Å². The van der Waals surface area contributed by atoms with Crippen molar-refractivity contribution in [3.05, 3.63) is 113 Å². The van der Waals surface area contributed by atoms with Crippen LogP contribution in [0, 0.1) is 18.0 Å². The van der Waals surface area contributed by atoms with Crippen LogP contribution in [0.5, 0.6) is 11.5 Å². The standard InChI is InChI=1S/C14H12F3NO.C13H12F3N3O.CH3I.CH4.H2N2.H2/c1-10-13(14(15,16)17)12(7-8-18-10)19-9-11-5-3-2-4-6-11;14-13(15,16)11-10(6-7-18-12(11)19-17)20-8-9-4-2-1-3-5-9;1-2;;1-2;/h2-8H,9H2,1H3;1-7H,8,17H2,(H,18,19);1H3;1H4;1-2H;1H. The summed E-state index contributed by atoms with van der Waals surface area (Å²) in [6.07, 6.45) is -6.57. The smallest absolute Gasteiger partial charge is 0.423 e. The molecule has 5 N–H and O–H groups in total. The lowest BCUT2D eigenvalue weighted by molar-refractivity contribution is -0.140. The maximum Gasteiger partial charge on any atom is 0.423 e. The lowest BCUT2D eigenvalue weighted by Gasteiger charge is -2.16. The third-order valence-corrected chi connectivity index (χ3v) is 5.19. The molecule has 0 fully saturated rings. The number of aryl methyl sites for hydroxylation is 1. The van der Waals surface area contributed by atoms with E-state index >= 15 is 0 Å². The lowest BCUT2D eigenvalue weighted by Crippen LogP contribution is -2.17. The second-order valence-electron chi connectivity index (χ2n) is 7.99. The van der Waals surface area contributed by atoms with E-state index in [1.807, 2.05) is 22.5 Å². The van der Waals surface area contributed by atoms with Crippen LogP contribution in [0.15, 0.2) is 85.2 Å². The highest BCUT2D eigenvalue weighted by Crippen LogP contribution is 2.40. The maximum atomic E-state index is 13.0. The number of ether oxygens (including phenoxy) is 2. The molecule has 8 nitrogen and oxygen atoms in total. The molecular weight excluding hydrogens is 705 g/mol. The second-order valence-corrected chi connectivity index (χ2v) is 7.99. The van der Waals surface area contributed by atoms with Crippen molar-refractivity contribution in [2.75, 3.05) is 10.4 Å². The first-order valence-corrected chi connectivity index (χ1v) is 14.2. The minimum Gasteiger partial charge on any atom is -0.488 e. The predicted molar refractivity (Wildman–Crippen MR) is 167 cm³/mol. The Morgan fingerprint density at radius 2 is 1.11 bits per heavy atom. The molecule has 44 heavy (non-hydrogen) atoms. The molecule has 2 heterocycles.